The topological polar surface area (TPSA) is 15.7 Å². The van der Waals surface area contributed by atoms with Crippen molar-refractivity contribution < 1.29 is 4.74 Å². The molecular formula is C61H44N2O. The van der Waals surface area contributed by atoms with Crippen LogP contribution in [-0.2, 0) is 5.41 Å². The van der Waals surface area contributed by atoms with E-state index >= 15 is 0 Å². The third-order valence-corrected chi connectivity index (χ3v) is 12.6. The van der Waals surface area contributed by atoms with Crippen molar-refractivity contribution in [2.45, 2.75) is 5.41 Å². The molecule has 1 heterocycles. The SMILES string of the molecule is C=C1/C=C\C=C/Oc2c1ccc1c2-c2ccccc2C1(c1ccccc1)c1ccc(-c2ccc(N(c3ccccc3)c3ccccc3)cc2N(c2ccccc2)c2ccccc2)cc1. The quantitative estimate of drug-likeness (QED) is 0.144. The normalized spacial score (nSPS) is 15.7. The first-order valence-electron chi connectivity index (χ1n) is 21.8. The van der Waals surface area contributed by atoms with Crippen LogP contribution >= 0.6 is 0 Å². The molecule has 0 saturated carbocycles. The van der Waals surface area contributed by atoms with Crippen molar-refractivity contribution in [1.29, 1.82) is 0 Å². The number of benzene rings is 9. The molecule has 0 N–H and O–H groups in total. The van der Waals surface area contributed by atoms with E-state index in [-0.39, 0.29) is 0 Å². The Morgan fingerprint density at radius 2 is 0.906 bits per heavy atom. The van der Waals surface area contributed by atoms with Gasteiger partial charge in [0.05, 0.1) is 17.4 Å². The second-order valence-electron chi connectivity index (χ2n) is 16.1. The highest BCUT2D eigenvalue weighted by Gasteiger charge is 2.47. The lowest BCUT2D eigenvalue weighted by Gasteiger charge is -2.34. The largest absolute Gasteiger partial charge is 0.464 e. The fourth-order valence-electron chi connectivity index (χ4n) is 9.77. The van der Waals surface area contributed by atoms with Crippen LogP contribution in [0.3, 0.4) is 0 Å². The van der Waals surface area contributed by atoms with Gasteiger partial charge in [0.25, 0.3) is 0 Å². The van der Waals surface area contributed by atoms with Crippen LogP contribution in [-0.4, -0.2) is 0 Å². The van der Waals surface area contributed by atoms with Crippen molar-refractivity contribution in [3.05, 3.63) is 289 Å². The van der Waals surface area contributed by atoms with E-state index in [0.717, 1.165) is 73.3 Å². The van der Waals surface area contributed by atoms with Crippen LogP contribution in [0.5, 0.6) is 5.75 Å². The van der Waals surface area contributed by atoms with Gasteiger partial charge < -0.3 is 14.5 Å². The molecule has 0 fully saturated rings. The Hall–Kier alpha value is -8.40. The zero-order chi connectivity index (χ0) is 42.9. The van der Waals surface area contributed by atoms with Gasteiger partial charge in [-0.3, -0.25) is 0 Å². The summed E-state index contributed by atoms with van der Waals surface area (Å²) in [5, 5.41) is 0. The van der Waals surface area contributed by atoms with Crippen LogP contribution in [0.15, 0.2) is 262 Å². The third-order valence-electron chi connectivity index (χ3n) is 12.6. The number of hydrogen-bond acceptors (Lipinski definition) is 3. The minimum Gasteiger partial charge on any atom is -0.464 e. The number of nitrogens with zero attached hydrogens (tertiary/aromatic N) is 2. The number of fused-ring (bicyclic) bond motifs is 5. The highest BCUT2D eigenvalue weighted by Crippen LogP contribution is 2.60. The number of anilines is 6. The molecule has 9 aromatic carbocycles. The Labute approximate surface area is 375 Å². The van der Waals surface area contributed by atoms with Gasteiger partial charge in [0, 0.05) is 45.1 Å². The van der Waals surface area contributed by atoms with Crippen LogP contribution in [0.2, 0.25) is 0 Å². The summed E-state index contributed by atoms with van der Waals surface area (Å²) in [5.74, 6) is 0.830. The monoisotopic (exact) mass is 820 g/mol. The minimum atomic E-state index is -0.619. The van der Waals surface area contributed by atoms with Gasteiger partial charge >= 0.3 is 0 Å². The van der Waals surface area contributed by atoms with E-state index in [4.69, 9.17) is 4.74 Å². The van der Waals surface area contributed by atoms with Crippen LogP contribution in [0.4, 0.5) is 34.1 Å². The second kappa shape index (κ2) is 16.5. The molecule has 0 spiro atoms. The second-order valence-corrected chi connectivity index (χ2v) is 16.1. The Morgan fingerprint density at radius 1 is 0.391 bits per heavy atom. The van der Waals surface area contributed by atoms with Crippen molar-refractivity contribution in [2.75, 3.05) is 9.80 Å². The molecule has 304 valence electrons. The van der Waals surface area contributed by atoms with E-state index in [1.807, 2.05) is 18.2 Å². The predicted octanol–water partition coefficient (Wildman–Crippen LogP) is 16.1. The zero-order valence-electron chi connectivity index (χ0n) is 35.3. The van der Waals surface area contributed by atoms with Crippen molar-refractivity contribution in [3.8, 4) is 28.0 Å². The predicted molar refractivity (Wildman–Crippen MR) is 266 cm³/mol. The summed E-state index contributed by atoms with van der Waals surface area (Å²) in [7, 11) is 0. The minimum absolute atomic E-state index is 0.619. The molecule has 1 atom stereocenters. The number of para-hydroxylation sites is 4. The third kappa shape index (κ3) is 6.54. The van der Waals surface area contributed by atoms with E-state index in [1.54, 1.807) is 6.26 Å². The Balaban J connectivity index is 1.13. The van der Waals surface area contributed by atoms with Crippen LogP contribution < -0.4 is 14.5 Å². The molecule has 0 aromatic heterocycles. The number of allylic oxidation sites excluding steroid dienone is 4. The van der Waals surface area contributed by atoms with E-state index in [9.17, 15) is 0 Å². The average Bonchev–Trinajstić information content (AvgIpc) is 3.66. The number of ether oxygens (including phenoxy) is 1. The summed E-state index contributed by atoms with van der Waals surface area (Å²) >= 11 is 0. The lowest BCUT2D eigenvalue weighted by Crippen LogP contribution is -2.28. The van der Waals surface area contributed by atoms with Crippen molar-refractivity contribution >= 4 is 39.7 Å². The maximum Gasteiger partial charge on any atom is 0.142 e. The smallest absolute Gasteiger partial charge is 0.142 e. The molecule has 1 unspecified atom stereocenters. The molecule has 3 nitrogen and oxygen atoms in total. The van der Waals surface area contributed by atoms with Gasteiger partial charge in [-0.15, -0.1) is 0 Å². The highest BCUT2D eigenvalue weighted by atomic mass is 16.5. The molecule has 0 radical (unpaired) electrons. The standard InChI is InChI=1S/C61H44N2O/c1-44-21-19-20-42-64-60-53(44)40-41-57-59(60)55-32-17-18-33-56(55)61(57,46-22-7-2-8-23-46)47-36-34-45(35-37-47)54-39-38-52(62(48-24-9-3-10-25-48)49-26-11-4-12-27-49)43-58(54)63(50-28-13-5-14-29-50)51-30-15-6-16-31-51/h2-43H,1H2/b21-19-,42-20-. The van der Waals surface area contributed by atoms with E-state index < -0.39 is 5.41 Å². The van der Waals surface area contributed by atoms with Gasteiger partial charge in [-0.1, -0.05) is 189 Å². The van der Waals surface area contributed by atoms with Crippen molar-refractivity contribution in [2.24, 2.45) is 0 Å². The van der Waals surface area contributed by atoms with Gasteiger partial charge in [0.2, 0.25) is 0 Å². The molecule has 1 aliphatic carbocycles. The maximum atomic E-state index is 6.53. The molecule has 0 saturated heterocycles. The molecule has 9 aromatic rings. The van der Waals surface area contributed by atoms with Crippen molar-refractivity contribution in [3.63, 3.8) is 0 Å². The van der Waals surface area contributed by atoms with E-state index in [2.05, 4.69) is 247 Å². The lowest BCUT2D eigenvalue weighted by molar-refractivity contribution is 0.481. The van der Waals surface area contributed by atoms with Gasteiger partial charge in [0.1, 0.15) is 5.75 Å². The average molecular weight is 821 g/mol. The van der Waals surface area contributed by atoms with E-state index in [0.29, 0.717) is 0 Å². The molecule has 0 bridgehead atoms. The summed E-state index contributed by atoms with van der Waals surface area (Å²) in [6.45, 7) is 4.43. The molecule has 1 aliphatic heterocycles. The molecule has 3 heteroatoms. The zero-order valence-corrected chi connectivity index (χ0v) is 35.3. The maximum absolute atomic E-state index is 6.53. The Kier molecular flexibility index (Phi) is 9.91. The van der Waals surface area contributed by atoms with Gasteiger partial charge in [-0.2, -0.15) is 0 Å². The molecule has 11 rings (SSSR count). The van der Waals surface area contributed by atoms with Crippen LogP contribution in [0.1, 0.15) is 27.8 Å². The van der Waals surface area contributed by atoms with Crippen molar-refractivity contribution in [1.82, 2.24) is 0 Å². The molecule has 2 aliphatic rings. The molecule has 64 heavy (non-hydrogen) atoms. The molecule has 0 amide bonds. The van der Waals surface area contributed by atoms with Gasteiger partial charge in [-0.25, -0.2) is 0 Å². The number of rotatable bonds is 9. The molecular weight excluding hydrogens is 777 g/mol. The summed E-state index contributed by atoms with van der Waals surface area (Å²) in [5.41, 5.74) is 17.0. The first-order chi connectivity index (χ1) is 31.7. The van der Waals surface area contributed by atoms with E-state index in [1.165, 1.54) is 22.3 Å². The fourth-order valence-corrected chi connectivity index (χ4v) is 9.77. The summed E-state index contributed by atoms with van der Waals surface area (Å²) in [4.78, 5) is 4.71. The first-order valence-corrected chi connectivity index (χ1v) is 21.8. The van der Waals surface area contributed by atoms with Crippen LogP contribution in [0, 0.1) is 0 Å². The number of hydrogen-bond donors (Lipinski definition) is 0. The van der Waals surface area contributed by atoms with Crippen LogP contribution in [0.25, 0.3) is 27.8 Å². The van der Waals surface area contributed by atoms with Gasteiger partial charge in [0.15, 0.2) is 0 Å². The Morgan fingerprint density at radius 3 is 1.52 bits per heavy atom. The lowest BCUT2D eigenvalue weighted by atomic mass is 9.67. The first kappa shape index (κ1) is 38.5. The summed E-state index contributed by atoms with van der Waals surface area (Å²) < 4.78 is 6.53. The fraction of sp³-hybridized carbons (Fsp3) is 0.0164. The summed E-state index contributed by atoms with van der Waals surface area (Å²) in [6.07, 6.45) is 7.73. The van der Waals surface area contributed by atoms with Gasteiger partial charge in [-0.05, 0) is 106 Å². The highest BCUT2D eigenvalue weighted by molar-refractivity contribution is 5.95. The Bertz CT molecular complexity index is 3100. The summed E-state index contributed by atoms with van der Waals surface area (Å²) in [6, 6.07) is 82.9.